The van der Waals surface area contributed by atoms with Gasteiger partial charge in [0.05, 0.1) is 101 Å². The van der Waals surface area contributed by atoms with Crippen LogP contribution in [0.15, 0.2) is 99.4 Å². The Kier molecular flexibility index (Phi) is 34.0. The Morgan fingerprint density at radius 1 is 0.333 bits per heavy atom. The Bertz CT molecular complexity index is 7320. The van der Waals surface area contributed by atoms with Crippen LogP contribution in [0.5, 0.6) is 0 Å². The monoisotopic (exact) mass is 2290 g/mol. The van der Waals surface area contributed by atoms with Crippen molar-refractivity contribution in [2.75, 3.05) is 64.0 Å². The van der Waals surface area contributed by atoms with E-state index in [0.717, 1.165) is 25.4 Å². The second kappa shape index (κ2) is 44.4. The number of fused-ring (bicyclic) bond motifs is 2. The van der Waals surface area contributed by atoms with Gasteiger partial charge in [0.2, 0.25) is 0 Å². The van der Waals surface area contributed by atoms with Gasteiger partial charge in [-0.3, -0.25) is 71.1 Å². The van der Waals surface area contributed by atoms with E-state index >= 15 is 0 Å². The van der Waals surface area contributed by atoms with E-state index in [1.807, 2.05) is 0 Å². The molecule has 0 spiro atoms. The van der Waals surface area contributed by atoms with Gasteiger partial charge in [-0.25, -0.2) is 53.9 Å². The molecule has 17 N–H and O–H groups in total. The molecule has 9 aromatic heterocycles. The second-order valence-corrected chi connectivity index (χ2v) is 53.4. The largest absolute Gasteiger partial charge is 0.383 e. The minimum atomic E-state index is -4.77. The fourth-order valence-electron chi connectivity index (χ4n) is 16.7. The third kappa shape index (κ3) is 25.9. The minimum Gasteiger partial charge on any atom is -0.383 e. The Morgan fingerprint density at radius 3 is 0.819 bits per heavy atom. The van der Waals surface area contributed by atoms with Gasteiger partial charge in [0.1, 0.15) is 110 Å². The van der Waals surface area contributed by atoms with Crippen LogP contribution in [0.2, 0.25) is 0 Å². The summed E-state index contributed by atoms with van der Waals surface area (Å²) in [5.74, 6) is -0.0950. The first-order valence-corrected chi connectivity index (χ1v) is 61.5. The van der Waals surface area contributed by atoms with Crippen molar-refractivity contribution in [3.8, 4) is 0 Å². The number of hydrogen-bond donors (Lipinski definition) is 14. The van der Waals surface area contributed by atoms with Crippen molar-refractivity contribution in [2.24, 2.45) is 0 Å². The number of nitrogens with two attached hydrogens (primary N) is 3. The first kappa shape index (κ1) is 110. The van der Waals surface area contributed by atoms with Crippen molar-refractivity contribution in [3.05, 3.63) is 178 Å². The van der Waals surface area contributed by atoms with Crippen LogP contribution < -0.4 is 67.9 Å². The third-order valence-corrected chi connectivity index (χ3v) is 35.1. The number of nitrogens with one attached hydrogen (secondary N) is 4. The number of aromatic amines is 4. The molecule has 144 heavy (non-hydrogen) atoms. The fourth-order valence-corrected chi connectivity index (χ4v) is 26.5. The van der Waals surface area contributed by atoms with Crippen LogP contribution in [0.25, 0.3) is 22.3 Å². The molecule has 7 aliphatic heterocycles. The quantitative estimate of drug-likeness (QED) is 0.0236. The first-order chi connectivity index (χ1) is 67.8. The van der Waals surface area contributed by atoms with Crippen molar-refractivity contribution < 1.29 is 131 Å². The molecule has 16 heterocycles. The van der Waals surface area contributed by atoms with Crippen LogP contribution >= 0.6 is 47.0 Å². The van der Waals surface area contributed by atoms with E-state index in [9.17, 15) is 77.4 Å². The van der Waals surface area contributed by atoms with Crippen LogP contribution in [0.4, 0.5) is 17.5 Å². The number of nitrogens with zero attached hydrogens (tertiary/aromatic N) is 14. The SMILES string of the molecule is CC[C@H]1O[C@@H](n2cc(C)c(=O)[nH]c2=O)C[C@H]1OP(O)(=S)OC[C@H]1O[C@@H](n2cnc3c(N)ncnc32)C[C@H]1OP(O)(=S)OC[C@H]1O[C@@H](n2cnc3c(N)ncnc32)C[C@H]1OP(O)(=S)OC[C@H]1O[C@@H](n2cc(C)c(N)nc2=O)C[C@H]1OP(O)(=S)OC[C@H]1O[C@@H](n2cc(C)c(=O)[nH]c2=O)C[C@H]1OP(O)(=S)OC[C@H]1O[C@@H](n2cc(C)c(=O)[nH]c2=O)C[C@H]1OP(O)(=S)OC[C@H]1O[C@@H](n2cc(C)c(=O)[nH]c2=O)C[C@H]1OP(O)(=S)OC. The van der Waals surface area contributed by atoms with E-state index in [4.69, 9.17) is 196 Å². The molecule has 0 bridgehead atoms. The summed E-state index contributed by atoms with van der Waals surface area (Å²) >= 11 is 38.9. The fraction of sp³-hybridized carbons (Fsp3) is 0.583. The van der Waals surface area contributed by atoms with E-state index in [1.54, 1.807) is 13.8 Å². The summed E-state index contributed by atoms with van der Waals surface area (Å²) < 4.78 is 136. The third-order valence-electron chi connectivity index (χ3n) is 23.9. The number of imidazole rings is 2. The topological polar surface area (TPSA) is 755 Å². The number of aromatic nitrogens is 18. The molecule has 9 aromatic rings. The first-order valence-electron chi connectivity index (χ1n) is 43.4. The Hall–Kier alpha value is -6.47. The Balaban J connectivity index is 0.607. The van der Waals surface area contributed by atoms with Gasteiger partial charge in [-0.05, 0) is 124 Å². The van der Waals surface area contributed by atoms with E-state index in [0.29, 0.717) is 12.0 Å². The predicted molar refractivity (Wildman–Crippen MR) is 524 cm³/mol. The molecule has 7 aliphatic rings. The van der Waals surface area contributed by atoms with Crippen LogP contribution in [-0.4, -0.2) is 253 Å². The second-order valence-electron chi connectivity index (χ2n) is 33.8. The molecule has 0 aliphatic carbocycles. The summed E-state index contributed by atoms with van der Waals surface area (Å²) in [6.45, 7) is -27.0. The number of rotatable bonds is 41. The lowest BCUT2D eigenvalue weighted by Crippen LogP contribution is -2.33. The summed E-state index contributed by atoms with van der Waals surface area (Å²) in [4.78, 5) is 238. The maximum atomic E-state index is 13.7. The van der Waals surface area contributed by atoms with Crippen molar-refractivity contribution in [3.63, 3.8) is 0 Å². The molecule has 7 saturated heterocycles. The highest BCUT2D eigenvalue weighted by molar-refractivity contribution is 8.09. The molecule has 0 amide bonds. The van der Waals surface area contributed by atoms with Crippen molar-refractivity contribution in [1.29, 1.82) is 0 Å². The molecule has 7 unspecified atom stereocenters. The van der Waals surface area contributed by atoms with Gasteiger partial charge in [-0.2, -0.15) is 4.98 Å². The zero-order valence-electron chi connectivity index (χ0n) is 76.1. The Labute approximate surface area is 845 Å². The number of nitrogen functional groups attached to an aromatic ring is 3. The van der Waals surface area contributed by atoms with Crippen molar-refractivity contribution >= 4 is 169 Å². The highest BCUT2D eigenvalue weighted by Crippen LogP contribution is 2.59. The molecule has 28 atom stereocenters. The summed E-state index contributed by atoms with van der Waals surface area (Å²) in [5, 5.41) is 0. The molecule has 0 saturated carbocycles. The molecule has 0 aromatic carbocycles. The van der Waals surface area contributed by atoms with Gasteiger partial charge in [0, 0.05) is 111 Å². The number of ether oxygens (including phenoxy) is 7. The normalized spacial score (nSPS) is 29.7. The maximum Gasteiger partial charge on any atom is 0.351 e. The summed E-state index contributed by atoms with van der Waals surface area (Å²) in [7, 11) is 1.09. The molecule has 0 radical (unpaired) electrons. The average Bonchev–Trinajstić information content (AvgIpc) is 1.63. The van der Waals surface area contributed by atoms with Crippen LogP contribution in [0, 0.1) is 34.6 Å². The van der Waals surface area contributed by atoms with Crippen LogP contribution in [0.3, 0.4) is 0 Å². The smallest absolute Gasteiger partial charge is 0.351 e. The van der Waals surface area contributed by atoms with Gasteiger partial charge in [0.25, 0.3) is 22.2 Å². The predicted octanol–water partition coefficient (Wildman–Crippen LogP) is 0.795. The van der Waals surface area contributed by atoms with Crippen LogP contribution in [-0.2, 0) is 179 Å². The van der Waals surface area contributed by atoms with Gasteiger partial charge < -0.3 is 148 Å². The van der Waals surface area contributed by atoms with E-state index in [-0.39, 0.29) is 101 Å². The average molecular weight is 2290 g/mol. The lowest BCUT2D eigenvalue weighted by Gasteiger charge is -2.29. The van der Waals surface area contributed by atoms with Gasteiger partial charge in [0.15, 0.2) is 22.9 Å². The van der Waals surface area contributed by atoms with Crippen molar-refractivity contribution in [1.82, 2.24) is 86.8 Å². The molecular weight excluding hydrogens is 2190 g/mol. The summed E-state index contributed by atoms with van der Waals surface area (Å²) in [6.07, 6.45) is -16.9. The van der Waals surface area contributed by atoms with Gasteiger partial charge in [-0.1, -0.05) is 6.92 Å². The zero-order valence-corrected chi connectivity index (χ0v) is 88.1. The zero-order chi connectivity index (χ0) is 104. The molecular formula is C72H96N21O37P7S7. The molecule has 58 nitrogen and oxygen atoms in total. The minimum absolute atomic E-state index is 0.00169. The maximum absolute atomic E-state index is 13.7. The highest BCUT2D eigenvalue weighted by Gasteiger charge is 2.52. The number of aryl methyl sites for hydroxylation is 5. The lowest BCUT2D eigenvalue weighted by atomic mass is 10.1. The molecule has 16 rings (SSSR count). The van der Waals surface area contributed by atoms with Gasteiger partial charge >= 0.3 is 75.5 Å². The van der Waals surface area contributed by atoms with Crippen molar-refractivity contribution in [2.45, 2.75) is 222 Å². The van der Waals surface area contributed by atoms with E-state index < -0.39 is 273 Å². The molecule has 788 valence electrons. The molecule has 7 fully saturated rings. The van der Waals surface area contributed by atoms with Gasteiger partial charge in [-0.15, -0.1) is 0 Å². The standard InChI is InChI=1S/C72H96N21O37P7S7/c1-8-36-37(9-50(117-36)88-17-32(3)64(94)83-69(88)99)125-132(104,139)111-25-48-42(14-55(122-48)92-29-80-57-60(74)76-27-78-62(57)92)130-137(109,144)116-26-49-43(15-56(123-49)93-30-81-58-61(75)77-28-79-63(58)93)129-136(108,143)115-22-45-39(11-51(119-45)87-16-31(2)59(73)82-68(87)98)126-134(106,141)113-23-47-41(13-54(121-47)91-20-35(6)67(97)86-72(91)102)128-135(107,142)114-24-46-40(12-53(120-46)90-19-34(5)66(96)85-71(90)101)127-133(105,140)112-21-44-38(124-131(103,138)110-7)10-52(118-44)89-18-33(4)65(95)84-70(89)100/h16-20,27-30,36-56H,8-15,21-26H2,1-7H3,(H,103,138)(H,104,139)(H,105,140)(H,106,141)(H,107,142)(H,108,143)(H,109,144)(H2,73,82,98)(H2,74,76,78)(H2,75,77,79)(H,83,94,99)(H,84,95,100)(H,85,96,101)(H,86,97,102)/t36-,37-,38-,39-,40-,41-,42-,43-,44-,45-,46-,47-,48-,49-,50-,51-,52-,53-,54-,55-,56-,131?,132?,133?,134?,135?,136?,137?/m1/s1. The Morgan fingerprint density at radius 2 is 0.562 bits per heavy atom. The highest BCUT2D eigenvalue weighted by atomic mass is 32.5. The number of H-pyrrole nitrogens is 4. The number of anilines is 3. The molecule has 72 heteroatoms. The summed E-state index contributed by atoms with van der Waals surface area (Å²) in [5.41, 5.74) is 12.7. The lowest BCUT2D eigenvalue weighted by molar-refractivity contribution is -0.0578. The van der Waals surface area contributed by atoms with E-state index in [1.165, 1.54) is 97.7 Å². The van der Waals surface area contributed by atoms with Crippen LogP contribution in [0.1, 0.15) is 130 Å². The number of hydrogen-bond acceptors (Lipinski definition) is 47. The summed E-state index contributed by atoms with van der Waals surface area (Å²) in [6, 6.07) is 0. The van der Waals surface area contributed by atoms with E-state index in [2.05, 4.69) is 54.8 Å².